The SMILES string of the molecule is COc1cn(CC(=O)NCc2ccccc2)c(C)cc1=O. The summed E-state index contributed by atoms with van der Waals surface area (Å²) in [5, 5.41) is 2.85. The number of ether oxygens (including phenoxy) is 1. The van der Waals surface area contributed by atoms with Crippen LogP contribution in [0.3, 0.4) is 0 Å². The van der Waals surface area contributed by atoms with Crippen LogP contribution in [0.25, 0.3) is 0 Å². The number of methoxy groups -OCH3 is 1. The van der Waals surface area contributed by atoms with Crippen molar-refractivity contribution in [1.29, 1.82) is 0 Å². The van der Waals surface area contributed by atoms with Crippen LogP contribution in [0, 0.1) is 6.92 Å². The minimum absolute atomic E-state index is 0.118. The van der Waals surface area contributed by atoms with Gasteiger partial charge in [0.25, 0.3) is 0 Å². The van der Waals surface area contributed by atoms with Crippen LogP contribution in [0.1, 0.15) is 11.3 Å². The van der Waals surface area contributed by atoms with Crippen molar-refractivity contribution in [2.75, 3.05) is 7.11 Å². The minimum atomic E-state index is -0.184. The highest BCUT2D eigenvalue weighted by molar-refractivity contribution is 5.75. The van der Waals surface area contributed by atoms with Crippen LogP contribution < -0.4 is 15.5 Å². The molecule has 1 N–H and O–H groups in total. The number of benzene rings is 1. The Morgan fingerprint density at radius 1 is 1.29 bits per heavy atom. The lowest BCUT2D eigenvalue weighted by molar-refractivity contribution is -0.121. The van der Waals surface area contributed by atoms with Gasteiger partial charge in [0.05, 0.1) is 13.3 Å². The summed E-state index contributed by atoms with van der Waals surface area (Å²) in [6.45, 7) is 2.41. The van der Waals surface area contributed by atoms with E-state index < -0.39 is 0 Å². The van der Waals surface area contributed by atoms with Crippen LogP contribution >= 0.6 is 0 Å². The first kappa shape index (κ1) is 14.8. The fourth-order valence-electron chi connectivity index (χ4n) is 1.98. The number of carbonyl (C=O) groups is 1. The van der Waals surface area contributed by atoms with E-state index in [4.69, 9.17) is 4.74 Å². The van der Waals surface area contributed by atoms with Gasteiger partial charge in [-0.3, -0.25) is 9.59 Å². The molecule has 0 aliphatic heterocycles. The van der Waals surface area contributed by atoms with Crippen LogP contribution in [0.2, 0.25) is 0 Å². The fourth-order valence-corrected chi connectivity index (χ4v) is 1.98. The molecule has 0 bridgehead atoms. The van der Waals surface area contributed by atoms with Crippen molar-refractivity contribution in [2.24, 2.45) is 0 Å². The van der Waals surface area contributed by atoms with Crippen LogP contribution in [-0.2, 0) is 17.9 Å². The molecule has 21 heavy (non-hydrogen) atoms. The molecule has 0 saturated heterocycles. The molecule has 0 aliphatic carbocycles. The highest BCUT2D eigenvalue weighted by Crippen LogP contribution is 2.05. The van der Waals surface area contributed by atoms with Crippen molar-refractivity contribution in [3.63, 3.8) is 0 Å². The van der Waals surface area contributed by atoms with Gasteiger partial charge in [0.2, 0.25) is 11.3 Å². The first-order valence-corrected chi connectivity index (χ1v) is 6.66. The molecule has 1 aromatic heterocycles. The molecule has 0 radical (unpaired) electrons. The Kier molecular flexibility index (Phi) is 4.77. The predicted octanol–water partition coefficient (Wildman–Crippen LogP) is 1.48. The maximum atomic E-state index is 12.0. The van der Waals surface area contributed by atoms with Gasteiger partial charge < -0.3 is 14.6 Å². The van der Waals surface area contributed by atoms with Crippen LogP contribution in [-0.4, -0.2) is 17.6 Å². The Morgan fingerprint density at radius 3 is 2.67 bits per heavy atom. The summed E-state index contributed by atoms with van der Waals surface area (Å²) in [4.78, 5) is 23.6. The molecule has 2 aromatic rings. The van der Waals surface area contributed by atoms with E-state index in [9.17, 15) is 9.59 Å². The maximum Gasteiger partial charge on any atom is 0.240 e. The molecule has 0 unspecified atom stereocenters. The molecule has 5 nitrogen and oxygen atoms in total. The number of rotatable bonds is 5. The lowest BCUT2D eigenvalue weighted by atomic mass is 10.2. The van der Waals surface area contributed by atoms with E-state index in [2.05, 4.69) is 5.32 Å². The molecule has 1 amide bonds. The highest BCUT2D eigenvalue weighted by Gasteiger charge is 2.07. The molecular formula is C16H18N2O3. The molecule has 0 spiro atoms. The van der Waals surface area contributed by atoms with Crippen molar-refractivity contribution in [3.05, 3.63) is 64.1 Å². The van der Waals surface area contributed by atoms with E-state index in [1.807, 2.05) is 30.3 Å². The number of carbonyl (C=O) groups excluding carboxylic acids is 1. The fraction of sp³-hybridized carbons (Fsp3) is 0.250. The van der Waals surface area contributed by atoms with Crippen LogP contribution in [0.5, 0.6) is 5.75 Å². The monoisotopic (exact) mass is 286 g/mol. The average Bonchev–Trinajstić information content (AvgIpc) is 2.49. The van der Waals surface area contributed by atoms with E-state index in [0.29, 0.717) is 6.54 Å². The summed E-state index contributed by atoms with van der Waals surface area (Å²) in [6, 6.07) is 11.2. The summed E-state index contributed by atoms with van der Waals surface area (Å²) in [6.07, 6.45) is 1.56. The van der Waals surface area contributed by atoms with E-state index >= 15 is 0 Å². The zero-order chi connectivity index (χ0) is 15.2. The van der Waals surface area contributed by atoms with Crippen molar-refractivity contribution in [1.82, 2.24) is 9.88 Å². The molecule has 1 aromatic carbocycles. The molecule has 0 fully saturated rings. The van der Waals surface area contributed by atoms with Gasteiger partial charge in [-0.25, -0.2) is 0 Å². The van der Waals surface area contributed by atoms with Crippen LogP contribution in [0.15, 0.2) is 47.4 Å². The van der Waals surface area contributed by atoms with Gasteiger partial charge in [-0.1, -0.05) is 30.3 Å². The molecule has 0 saturated carbocycles. The van der Waals surface area contributed by atoms with Crippen LogP contribution in [0.4, 0.5) is 0 Å². The Bertz CT molecular complexity index is 678. The first-order valence-electron chi connectivity index (χ1n) is 6.66. The zero-order valence-electron chi connectivity index (χ0n) is 12.1. The second kappa shape index (κ2) is 6.74. The quantitative estimate of drug-likeness (QED) is 0.905. The Morgan fingerprint density at radius 2 is 2.00 bits per heavy atom. The Balaban J connectivity index is 2.01. The van der Waals surface area contributed by atoms with Gasteiger partial charge in [0.1, 0.15) is 6.54 Å². The van der Waals surface area contributed by atoms with E-state index in [-0.39, 0.29) is 23.6 Å². The number of nitrogens with zero attached hydrogens (tertiary/aromatic N) is 1. The van der Waals surface area contributed by atoms with Gasteiger partial charge in [-0.15, -0.1) is 0 Å². The second-order valence-electron chi connectivity index (χ2n) is 4.74. The molecular weight excluding hydrogens is 268 g/mol. The third-order valence-corrected chi connectivity index (χ3v) is 3.18. The van der Waals surface area contributed by atoms with Crippen molar-refractivity contribution in [3.8, 4) is 5.75 Å². The summed E-state index contributed by atoms with van der Waals surface area (Å²) in [5.41, 5.74) is 1.58. The standard InChI is InChI=1S/C16H18N2O3/c1-12-8-14(19)15(21-2)10-18(12)11-16(20)17-9-13-6-4-3-5-7-13/h3-8,10H,9,11H2,1-2H3,(H,17,20). The Hall–Kier alpha value is -2.56. The molecule has 5 heteroatoms. The summed E-state index contributed by atoms with van der Waals surface area (Å²) in [5.74, 6) is 0.115. The third-order valence-electron chi connectivity index (χ3n) is 3.18. The first-order chi connectivity index (χ1) is 10.1. The lowest BCUT2D eigenvalue weighted by Crippen LogP contribution is -2.28. The summed E-state index contributed by atoms with van der Waals surface area (Å²) >= 11 is 0. The second-order valence-corrected chi connectivity index (χ2v) is 4.74. The largest absolute Gasteiger partial charge is 0.491 e. The van der Waals surface area contributed by atoms with Crippen molar-refractivity contribution in [2.45, 2.75) is 20.0 Å². The lowest BCUT2D eigenvalue weighted by Gasteiger charge is -2.12. The Labute approximate surface area is 123 Å². The average molecular weight is 286 g/mol. The minimum Gasteiger partial charge on any atom is -0.491 e. The van der Waals surface area contributed by atoms with Gasteiger partial charge in [-0.05, 0) is 12.5 Å². The molecule has 110 valence electrons. The van der Waals surface area contributed by atoms with Crippen molar-refractivity contribution >= 4 is 5.91 Å². The van der Waals surface area contributed by atoms with E-state index in [1.165, 1.54) is 13.2 Å². The topological polar surface area (TPSA) is 60.3 Å². The van der Waals surface area contributed by atoms with E-state index in [1.54, 1.807) is 17.7 Å². The number of aryl methyl sites for hydroxylation is 1. The predicted molar refractivity (Wildman–Crippen MR) is 80.3 cm³/mol. The maximum absolute atomic E-state index is 12.0. The number of aromatic nitrogens is 1. The van der Waals surface area contributed by atoms with Gasteiger partial charge in [0, 0.05) is 18.3 Å². The summed E-state index contributed by atoms with van der Waals surface area (Å²) < 4.78 is 6.68. The third kappa shape index (κ3) is 3.95. The number of nitrogens with one attached hydrogen (secondary N) is 1. The number of hydrogen-bond donors (Lipinski definition) is 1. The highest BCUT2D eigenvalue weighted by atomic mass is 16.5. The molecule has 1 heterocycles. The molecule has 0 atom stereocenters. The molecule has 2 rings (SSSR count). The smallest absolute Gasteiger partial charge is 0.240 e. The van der Waals surface area contributed by atoms with Crippen molar-refractivity contribution < 1.29 is 9.53 Å². The normalized spacial score (nSPS) is 10.2. The number of pyridine rings is 1. The zero-order valence-corrected chi connectivity index (χ0v) is 12.1. The molecule has 0 aliphatic rings. The van der Waals surface area contributed by atoms with Gasteiger partial charge in [-0.2, -0.15) is 0 Å². The van der Waals surface area contributed by atoms with Gasteiger partial charge >= 0.3 is 0 Å². The number of hydrogen-bond acceptors (Lipinski definition) is 3. The van der Waals surface area contributed by atoms with Gasteiger partial charge in [0.15, 0.2) is 5.75 Å². The summed E-state index contributed by atoms with van der Waals surface area (Å²) in [7, 11) is 1.44. The van der Waals surface area contributed by atoms with E-state index in [0.717, 1.165) is 11.3 Å². The number of amides is 1.